The van der Waals surface area contributed by atoms with Gasteiger partial charge in [0, 0.05) is 36.5 Å². The van der Waals surface area contributed by atoms with Crippen molar-refractivity contribution >= 4 is 23.0 Å². The summed E-state index contributed by atoms with van der Waals surface area (Å²) in [5, 5.41) is 3.61. The Morgan fingerprint density at radius 2 is 2.10 bits per heavy atom. The van der Waals surface area contributed by atoms with Gasteiger partial charge in [0.2, 0.25) is 0 Å². The number of halogens is 2. The Morgan fingerprint density at radius 3 is 2.90 bits per heavy atom. The lowest BCUT2D eigenvalue weighted by Gasteiger charge is -2.13. The van der Waals surface area contributed by atoms with Gasteiger partial charge in [-0.25, -0.2) is 4.39 Å². The Labute approximate surface area is 123 Å². The molecule has 0 amide bonds. The van der Waals surface area contributed by atoms with Crippen LogP contribution in [0.15, 0.2) is 36.4 Å². The van der Waals surface area contributed by atoms with E-state index >= 15 is 0 Å². The van der Waals surface area contributed by atoms with Gasteiger partial charge in [0.05, 0.1) is 0 Å². The third-order valence-electron chi connectivity index (χ3n) is 3.63. The molecule has 2 aromatic rings. The van der Waals surface area contributed by atoms with Gasteiger partial charge in [0.1, 0.15) is 5.82 Å². The molecular formula is C16H16ClFN2. The van der Waals surface area contributed by atoms with Crippen molar-refractivity contribution in [3.63, 3.8) is 0 Å². The second-order valence-corrected chi connectivity index (χ2v) is 5.58. The quantitative estimate of drug-likeness (QED) is 0.916. The van der Waals surface area contributed by atoms with E-state index in [0.29, 0.717) is 17.3 Å². The summed E-state index contributed by atoms with van der Waals surface area (Å²) in [7, 11) is 2.11. The predicted molar refractivity (Wildman–Crippen MR) is 82.2 cm³/mol. The lowest BCUT2D eigenvalue weighted by molar-refractivity contribution is 0.628. The number of anilines is 2. The molecule has 4 heteroatoms. The third-order valence-corrected chi connectivity index (χ3v) is 3.85. The van der Waals surface area contributed by atoms with Gasteiger partial charge < -0.3 is 10.2 Å². The first-order valence-electron chi connectivity index (χ1n) is 6.65. The minimum atomic E-state index is -0.324. The molecule has 0 bridgehead atoms. The summed E-state index contributed by atoms with van der Waals surface area (Å²) in [5.41, 5.74) is 4.58. The monoisotopic (exact) mass is 290 g/mol. The molecule has 104 valence electrons. The predicted octanol–water partition coefficient (Wildman–Crippen LogP) is 4.08. The fraction of sp³-hybridized carbons (Fsp3) is 0.250. The molecule has 1 aliphatic rings. The normalized spacial score (nSPS) is 13.4. The van der Waals surface area contributed by atoms with Gasteiger partial charge in [0.25, 0.3) is 0 Å². The van der Waals surface area contributed by atoms with Gasteiger partial charge in [-0.3, -0.25) is 0 Å². The standard InChI is InChI=1S/C16H16ClFN2/c1-20-5-4-12-6-11(2-3-16(12)20)10-19-15-8-13(17)7-14(18)9-15/h2-3,6-9,19H,4-5,10H2,1H3. The van der Waals surface area contributed by atoms with Gasteiger partial charge in [0.15, 0.2) is 0 Å². The zero-order chi connectivity index (χ0) is 14.1. The topological polar surface area (TPSA) is 15.3 Å². The summed E-state index contributed by atoms with van der Waals surface area (Å²) in [6.45, 7) is 1.74. The molecule has 3 rings (SSSR count). The second kappa shape index (κ2) is 5.33. The number of rotatable bonds is 3. The van der Waals surface area contributed by atoms with Crippen LogP contribution in [0.25, 0.3) is 0 Å². The van der Waals surface area contributed by atoms with Crippen LogP contribution in [0, 0.1) is 5.82 Å². The molecule has 0 saturated heterocycles. The average molecular weight is 291 g/mol. The molecule has 0 aromatic heterocycles. The van der Waals surface area contributed by atoms with Crippen LogP contribution >= 0.6 is 11.6 Å². The van der Waals surface area contributed by atoms with Crippen molar-refractivity contribution < 1.29 is 4.39 Å². The van der Waals surface area contributed by atoms with Crippen LogP contribution in [-0.2, 0) is 13.0 Å². The first-order valence-corrected chi connectivity index (χ1v) is 7.02. The van der Waals surface area contributed by atoms with Crippen LogP contribution in [0.4, 0.5) is 15.8 Å². The lowest BCUT2D eigenvalue weighted by Crippen LogP contribution is -2.12. The van der Waals surface area contributed by atoms with E-state index in [1.54, 1.807) is 6.07 Å². The van der Waals surface area contributed by atoms with Gasteiger partial charge in [-0.05, 0) is 41.8 Å². The molecule has 20 heavy (non-hydrogen) atoms. The van der Waals surface area contributed by atoms with Crippen molar-refractivity contribution in [1.29, 1.82) is 0 Å². The Bertz CT molecular complexity index is 622. The Hall–Kier alpha value is -1.74. The molecule has 0 unspecified atom stereocenters. The molecule has 0 spiro atoms. The Morgan fingerprint density at radius 1 is 1.25 bits per heavy atom. The summed E-state index contributed by atoms with van der Waals surface area (Å²) in [4.78, 5) is 2.26. The maximum atomic E-state index is 13.2. The van der Waals surface area contributed by atoms with Crippen LogP contribution in [0.3, 0.4) is 0 Å². The fourth-order valence-electron chi connectivity index (χ4n) is 2.59. The highest BCUT2D eigenvalue weighted by Crippen LogP contribution is 2.27. The minimum Gasteiger partial charge on any atom is -0.381 e. The van der Waals surface area contributed by atoms with E-state index in [1.807, 2.05) is 0 Å². The summed E-state index contributed by atoms with van der Waals surface area (Å²) < 4.78 is 13.2. The second-order valence-electron chi connectivity index (χ2n) is 5.15. The highest BCUT2D eigenvalue weighted by molar-refractivity contribution is 6.30. The zero-order valence-electron chi connectivity index (χ0n) is 11.3. The molecule has 0 atom stereocenters. The van der Waals surface area contributed by atoms with Crippen LogP contribution < -0.4 is 10.2 Å². The number of benzene rings is 2. The van der Waals surface area contributed by atoms with Crippen molar-refractivity contribution in [2.45, 2.75) is 13.0 Å². The molecule has 2 aromatic carbocycles. The van der Waals surface area contributed by atoms with Crippen LogP contribution in [0.2, 0.25) is 5.02 Å². The summed E-state index contributed by atoms with van der Waals surface area (Å²) in [6, 6.07) is 11.0. The number of nitrogens with zero attached hydrogens (tertiary/aromatic N) is 1. The molecule has 0 aliphatic carbocycles. The van der Waals surface area contributed by atoms with Crippen molar-refractivity contribution in [2.75, 3.05) is 23.8 Å². The maximum absolute atomic E-state index is 13.2. The minimum absolute atomic E-state index is 0.324. The van der Waals surface area contributed by atoms with E-state index in [4.69, 9.17) is 11.6 Å². The van der Waals surface area contributed by atoms with Crippen molar-refractivity contribution in [2.24, 2.45) is 0 Å². The van der Waals surface area contributed by atoms with E-state index in [2.05, 4.69) is 35.5 Å². The van der Waals surface area contributed by atoms with Gasteiger partial charge in [-0.1, -0.05) is 23.7 Å². The number of hydrogen-bond acceptors (Lipinski definition) is 2. The summed E-state index contributed by atoms with van der Waals surface area (Å²) in [5.74, 6) is -0.324. The molecular weight excluding hydrogens is 275 g/mol. The molecule has 0 fully saturated rings. The molecule has 2 nitrogen and oxygen atoms in total. The largest absolute Gasteiger partial charge is 0.381 e. The highest BCUT2D eigenvalue weighted by Gasteiger charge is 2.15. The van der Waals surface area contributed by atoms with Gasteiger partial charge in [-0.15, -0.1) is 0 Å². The van der Waals surface area contributed by atoms with E-state index in [-0.39, 0.29) is 5.82 Å². The van der Waals surface area contributed by atoms with Crippen molar-refractivity contribution in [3.05, 3.63) is 58.4 Å². The average Bonchev–Trinajstić information content (AvgIpc) is 2.77. The Kier molecular flexibility index (Phi) is 3.53. The number of nitrogens with one attached hydrogen (secondary N) is 1. The van der Waals surface area contributed by atoms with Gasteiger partial charge >= 0.3 is 0 Å². The molecule has 1 aliphatic heterocycles. The Balaban J connectivity index is 1.72. The summed E-state index contributed by atoms with van der Waals surface area (Å²) in [6.07, 6.45) is 1.09. The first kappa shape index (κ1) is 13.3. The van der Waals surface area contributed by atoms with E-state index in [9.17, 15) is 4.39 Å². The molecule has 0 saturated carbocycles. The maximum Gasteiger partial charge on any atom is 0.126 e. The number of likely N-dealkylation sites (N-methyl/N-ethyl adjacent to an activating group) is 1. The molecule has 0 radical (unpaired) electrons. The SMILES string of the molecule is CN1CCc2cc(CNc3cc(F)cc(Cl)c3)ccc21. The van der Waals surface area contributed by atoms with Crippen LogP contribution in [-0.4, -0.2) is 13.6 Å². The van der Waals surface area contributed by atoms with Crippen molar-refractivity contribution in [3.8, 4) is 0 Å². The first-order chi connectivity index (χ1) is 9.61. The van der Waals surface area contributed by atoms with Crippen LogP contribution in [0.1, 0.15) is 11.1 Å². The number of fused-ring (bicyclic) bond motifs is 1. The smallest absolute Gasteiger partial charge is 0.126 e. The fourth-order valence-corrected chi connectivity index (χ4v) is 2.81. The van der Waals surface area contributed by atoms with E-state index in [0.717, 1.165) is 13.0 Å². The molecule has 1 heterocycles. The number of hydrogen-bond donors (Lipinski definition) is 1. The van der Waals surface area contributed by atoms with Crippen molar-refractivity contribution in [1.82, 2.24) is 0 Å². The lowest BCUT2D eigenvalue weighted by atomic mass is 10.1. The molecule has 1 N–H and O–H groups in total. The van der Waals surface area contributed by atoms with Gasteiger partial charge in [-0.2, -0.15) is 0 Å². The van der Waals surface area contributed by atoms with Crippen LogP contribution in [0.5, 0.6) is 0 Å². The van der Waals surface area contributed by atoms with E-state index < -0.39 is 0 Å². The zero-order valence-corrected chi connectivity index (χ0v) is 12.0. The van der Waals surface area contributed by atoms with E-state index in [1.165, 1.54) is 28.9 Å². The highest BCUT2D eigenvalue weighted by atomic mass is 35.5. The third kappa shape index (κ3) is 2.73. The summed E-state index contributed by atoms with van der Waals surface area (Å²) >= 11 is 5.84.